The minimum atomic E-state index is -3.90. The summed E-state index contributed by atoms with van der Waals surface area (Å²) in [4.78, 5) is 11.8. The Morgan fingerprint density at radius 1 is 1.03 bits per heavy atom. The molecule has 1 heterocycles. The van der Waals surface area contributed by atoms with Gasteiger partial charge in [-0.05, 0) is 61.2 Å². The van der Waals surface area contributed by atoms with Gasteiger partial charge in [0.2, 0.25) is 15.9 Å². The number of amides is 1. The predicted octanol–water partition coefficient (Wildman–Crippen LogP) is 3.57. The van der Waals surface area contributed by atoms with Crippen molar-refractivity contribution in [3.05, 3.63) is 48.0 Å². The van der Waals surface area contributed by atoms with Gasteiger partial charge >= 0.3 is 0 Å². The van der Waals surface area contributed by atoms with Gasteiger partial charge in [-0.15, -0.1) is 0 Å². The molecule has 32 heavy (non-hydrogen) atoms. The lowest BCUT2D eigenvalue weighted by Crippen LogP contribution is -2.37. The molecule has 0 aromatic heterocycles. The normalized spacial score (nSPS) is 14.2. The third-order valence-electron chi connectivity index (χ3n) is 5.17. The quantitative estimate of drug-likeness (QED) is 0.601. The highest BCUT2D eigenvalue weighted by Crippen LogP contribution is 2.33. The van der Waals surface area contributed by atoms with Crippen molar-refractivity contribution < 1.29 is 21.6 Å². The first-order valence-corrected chi connectivity index (χ1v) is 13.7. The number of benzene rings is 2. The Hall–Kier alpha value is -2.59. The van der Waals surface area contributed by atoms with E-state index in [0.29, 0.717) is 30.0 Å². The van der Waals surface area contributed by atoms with Crippen molar-refractivity contribution in [2.75, 3.05) is 26.6 Å². The van der Waals surface area contributed by atoms with Crippen LogP contribution in [0.25, 0.3) is 0 Å². The van der Waals surface area contributed by atoms with E-state index < -0.39 is 20.0 Å². The molecule has 2 aromatic carbocycles. The van der Waals surface area contributed by atoms with E-state index in [1.807, 2.05) is 6.92 Å². The van der Waals surface area contributed by atoms with Crippen molar-refractivity contribution >= 4 is 43.0 Å². The van der Waals surface area contributed by atoms with Crippen LogP contribution in [0.1, 0.15) is 39.2 Å². The number of fused-ring (bicyclic) bond motifs is 1. The number of hydrogen-bond acceptors (Lipinski definition) is 5. The minimum Gasteiger partial charge on any atom is -0.326 e. The van der Waals surface area contributed by atoms with Gasteiger partial charge in [0.05, 0.1) is 22.0 Å². The summed E-state index contributed by atoms with van der Waals surface area (Å²) < 4.78 is 55.0. The molecule has 0 aliphatic carbocycles. The first kappa shape index (κ1) is 24.1. The summed E-state index contributed by atoms with van der Waals surface area (Å²) in [6, 6.07) is 10.9. The number of carbonyl (C=O) groups is 1. The van der Waals surface area contributed by atoms with Crippen molar-refractivity contribution in [3.63, 3.8) is 0 Å². The third kappa shape index (κ3) is 5.42. The fourth-order valence-electron chi connectivity index (χ4n) is 3.48. The molecule has 0 bridgehead atoms. The summed E-state index contributed by atoms with van der Waals surface area (Å²) in [5.74, 6) is -0.303. The van der Waals surface area contributed by atoms with E-state index >= 15 is 0 Å². The summed E-state index contributed by atoms with van der Waals surface area (Å²) >= 11 is 0. The Labute approximate surface area is 190 Å². The van der Waals surface area contributed by atoms with E-state index in [4.69, 9.17) is 0 Å². The summed E-state index contributed by atoms with van der Waals surface area (Å²) in [7, 11) is -7.35. The number of aryl methyl sites for hydroxylation is 1. The van der Waals surface area contributed by atoms with Gasteiger partial charge in [0.1, 0.15) is 0 Å². The van der Waals surface area contributed by atoms with Crippen molar-refractivity contribution in [1.29, 1.82) is 0 Å². The first-order valence-electron chi connectivity index (χ1n) is 10.6. The molecule has 1 aliphatic heterocycles. The molecule has 3 rings (SSSR count). The molecular weight excluding hydrogens is 450 g/mol. The molecule has 8 nitrogen and oxygen atoms in total. The Bertz CT molecular complexity index is 1190. The van der Waals surface area contributed by atoms with Crippen LogP contribution in [0, 0.1) is 5.92 Å². The maximum Gasteiger partial charge on any atom is 0.261 e. The van der Waals surface area contributed by atoms with Crippen molar-refractivity contribution in [1.82, 2.24) is 0 Å². The van der Waals surface area contributed by atoms with Crippen LogP contribution in [0.15, 0.2) is 47.4 Å². The minimum absolute atomic E-state index is 0.0354. The molecule has 0 atom stereocenters. The topological polar surface area (TPSA) is 113 Å². The van der Waals surface area contributed by atoms with Gasteiger partial charge in [-0.1, -0.05) is 26.8 Å². The SMILES string of the molecule is CCCS(=O)(=O)N1CCCc2ccc(NS(=O)(=O)c3ccc(NC(=O)C(C)C)cc3)cc21. The zero-order valence-electron chi connectivity index (χ0n) is 18.5. The zero-order chi connectivity index (χ0) is 23.5. The largest absolute Gasteiger partial charge is 0.326 e. The van der Waals surface area contributed by atoms with Crippen LogP contribution in [-0.2, 0) is 31.3 Å². The predicted molar refractivity (Wildman–Crippen MR) is 127 cm³/mol. The molecule has 1 aliphatic rings. The van der Waals surface area contributed by atoms with Gasteiger partial charge in [-0.2, -0.15) is 0 Å². The van der Waals surface area contributed by atoms with Crippen LogP contribution in [0.5, 0.6) is 0 Å². The Morgan fingerprint density at radius 2 is 1.69 bits per heavy atom. The highest BCUT2D eigenvalue weighted by molar-refractivity contribution is 7.93. The molecule has 174 valence electrons. The fraction of sp³-hybridized carbons (Fsp3) is 0.409. The summed E-state index contributed by atoms with van der Waals surface area (Å²) in [5, 5.41) is 2.72. The molecule has 0 radical (unpaired) electrons. The number of anilines is 3. The zero-order valence-corrected chi connectivity index (χ0v) is 20.1. The second-order valence-electron chi connectivity index (χ2n) is 8.11. The van der Waals surface area contributed by atoms with Crippen LogP contribution in [0.4, 0.5) is 17.1 Å². The third-order valence-corrected chi connectivity index (χ3v) is 8.54. The molecule has 0 fully saturated rings. The number of hydrogen-bond donors (Lipinski definition) is 2. The molecule has 0 saturated carbocycles. The van der Waals surface area contributed by atoms with Gasteiger partial charge in [0.25, 0.3) is 10.0 Å². The van der Waals surface area contributed by atoms with E-state index in [1.165, 1.54) is 28.6 Å². The average Bonchev–Trinajstić information content (AvgIpc) is 2.73. The Kier molecular flexibility index (Phi) is 7.14. The van der Waals surface area contributed by atoms with Gasteiger partial charge in [0, 0.05) is 18.2 Å². The summed E-state index contributed by atoms with van der Waals surface area (Å²) in [6.07, 6.45) is 1.97. The Balaban J connectivity index is 1.83. The second kappa shape index (κ2) is 9.50. The fourth-order valence-corrected chi connectivity index (χ4v) is 6.14. The van der Waals surface area contributed by atoms with Gasteiger partial charge in [0.15, 0.2) is 0 Å². The highest BCUT2D eigenvalue weighted by Gasteiger charge is 2.27. The second-order valence-corrected chi connectivity index (χ2v) is 11.8. The molecule has 2 aromatic rings. The molecule has 0 saturated heterocycles. The van der Waals surface area contributed by atoms with E-state index in [9.17, 15) is 21.6 Å². The molecular formula is C22H29N3O5S2. The molecule has 2 N–H and O–H groups in total. The lowest BCUT2D eigenvalue weighted by molar-refractivity contribution is -0.118. The van der Waals surface area contributed by atoms with Crippen molar-refractivity contribution in [3.8, 4) is 0 Å². The van der Waals surface area contributed by atoms with Crippen molar-refractivity contribution in [2.24, 2.45) is 5.92 Å². The van der Waals surface area contributed by atoms with Crippen LogP contribution in [0.2, 0.25) is 0 Å². The number of nitrogens with one attached hydrogen (secondary N) is 2. The average molecular weight is 480 g/mol. The van der Waals surface area contributed by atoms with Crippen LogP contribution >= 0.6 is 0 Å². The standard InChI is InChI=1S/C22H29N3O5S2/c1-4-14-31(27,28)25-13-5-6-17-7-8-19(15-21(17)25)24-32(29,30)20-11-9-18(10-12-20)23-22(26)16(2)3/h7-12,15-16,24H,4-6,13-14H2,1-3H3,(H,23,26). The van der Waals surface area contributed by atoms with Crippen molar-refractivity contribution in [2.45, 2.75) is 44.9 Å². The monoisotopic (exact) mass is 479 g/mol. The number of sulfonamides is 2. The van der Waals surface area contributed by atoms with Gasteiger partial charge in [-0.25, -0.2) is 16.8 Å². The van der Waals surface area contributed by atoms with Crippen LogP contribution < -0.4 is 14.3 Å². The molecule has 10 heteroatoms. The number of carbonyl (C=O) groups excluding carboxylic acids is 1. The molecule has 0 unspecified atom stereocenters. The smallest absolute Gasteiger partial charge is 0.261 e. The highest BCUT2D eigenvalue weighted by atomic mass is 32.2. The maximum atomic E-state index is 12.9. The molecule has 0 spiro atoms. The maximum absolute atomic E-state index is 12.9. The first-order chi connectivity index (χ1) is 15.0. The lowest BCUT2D eigenvalue weighted by atomic mass is 10.0. The van der Waals surface area contributed by atoms with E-state index in [0.717, 1.165) is 18.4 Å². The van der Waals surface area contributed by atoms with Crippen LogP contribution in [-0.4, -0.2) is 35.0 Å². The Morgan fingerprint density at radius 3 is 2.31 bits per heavy atom. The summed E-state index contributed by atoms with van der Waals surface area (Å²) in [5.41, 5.74) is 2.20. The van der Waals surface area contributed by atoms with E-state index in [-0.39, 0.29) is 22.5 Å². The molecule has 1 amide bonds. The van der Waals surface area contributed by atoms with E-state index in [2.05, 4.69) is 10.0 Å². The van der Waals surface area contributed by atoms with Gasteiger partial charge < -0.3 is 5.32 Å². The summed E-state index contributed by atoms with van der Waals surface area (Å²) in [6.45, 7) is 5.73. The number of nitrogens with zero attached hydrogens (tertiary/aromatic N) is 1. The van der Waals surface area contributed by atoms with Crippen LogP contribution in [0.3, 0.4) is 0 Å². The van der Waals surface area contributed by atoms with E-state index in [1.54, 1.807) is 32.0 Å². The number of rotatable bonds is 8. The lowest BCUT2D eigenvalue weighted by Gasteiger charge is -2.31. The van der Waals surface area contributed by atoms with Gasteiger partial charge in [-0.3, -0.25) is 13.8 Å².